The zero-order valence-electron chi connectivity index (χ0n) is 10.4. The fourth-order valence-electron chi connectivity index (χ4n) is 1.18. The summed E-state index contributed by atoms with van der Waals surface area (Å²) in [5.41, 5.74) is 0. The number of esters is 1. The molecule has 0 aromatic carbocycles. The molecule has 2 unspecified atom stereocenters. The molecule has 0 heterocycles. The van der Waals surface area contributed by atoms with E-state index >= 15 is 0 Å². The summed E-state index contributed by atoms with van der Waals surface area (Å²) in [5, 5.41) is 8.69. The lowest BCUT2D eigenvalue weighted by Crippen LogP contribution is -2.14. The number of rotatable bonds is 9. The van der Waals surface area contributed by atoms with Gasteiger partial charge >= 0.3 is 5.97 Å². The van der Waals surface area contributed by atoms with Gasteiger partial charge in [-0.2, -0.15) is 5.26 Å². The second-order valence-corrected chi connectivity index (χ2v) is 5.23. The van der Waals surface area contributed by atoms with Gasteiger partial charge in [-0.05, 0) is 19.3 Å². The first kappa shape index (κ1) is 16.1. The van der Waals surface area contributed by atoms with Crippen LogP contribution in [0.4, 0.5) is 0 Å². The van der Waals surface area contributed by atoms with Gasteiger partial charge in [-0.3, -0.25) is 9.36 Å². The Balaban J connectivity index is 3.63. The first-order valence-corrected chi connectivity index (χ1v) is 7.35. The van der Waals surface area contributed by atoms with Crippen molar-refractivity contribution in [3.63, 3.8) is 0 Å². The van der Waals surface area contributed by atoms with Gasteiger partial charge in [0.25, 0.3) is 0 Å². The van der Waals surface area contributed by atoms with Gasteiger partial charge in [-0.15, -0.1) is 0 Å². The van der Waals surface area contributed by atoms with Crippen LogP contribution in [0.15, 0.2) is 0 Å². The Morgan fingerprint density at radius 1 is 1.47 bits per heavy atom. The maximum atomic E-state index is 11.4. The number of nitrogens with zero attached hydrogens (tertiary/aromatic N) is 1. The van der Waals surface area contributed by atoms with Gasteiger partial charge in [-0.25, -0.2) is 0 Å². The molecule has 0 aromatic rings. The highest BCUT2D eigenvalue weighted by molar-refractivity contribution is 7.39. The third-order valence-electron chi connectivity index (χ3n) is 2.06. The van der Waals surface area contributed by atoms with Crippen LogP contribution in [0.25, 0.3) is 0 Å². The Morgan fingerprint density at radius 2 is 2.18 bits per heavy atom. The molecule has 6 heteroatoms. The average molecular weight is 261 g/mol. The Morgan fingerprint density at radius 3 is 2.71 bits per heavy atom. The van der Waals surface area contributed by atoms with E-state index in [1.165, 1.54) is 6.92 Å². The summed E-state index contributed by atoms with van der Waals surface area (Å²) in [4.78, 5) is 10.6. The first-order chi connectivity index (χ1) is 8.10. The van der Waals surface area contributed by atoms with Crippen molar-refractivity contribution in [2.45, 2.75) is 45.6 Å². The minimum Gasteiger partial charge on any atom is -0.447 e. The van der Waals surface area contributed by atoms with E-state index in [9.17, 15) is 9.36 Å². The molecule has 2 atom stereocenters. The van der Waals surface area contributed by atoms with E-state index in [4.69, 9.17) is 14.5 Å². The van der Waals surface area contributed by atoms with Crippen LogP contribution in [0.2, 0.25) is 0 Å². The first-order valence-electron chi connectivity index (χ1n) is 5.82. The zero-order chi connectivity index (χ0) is 13.1. The minimum absolute atomic E-state index is 0.406. The van der Waals surface area contributed by atoms with E-state index in [0.29, 0.717) is 25.6 Å². The summed E-state index contributed by atoms with van der Waals surface area (Å²) < 4.78 is 21.3. The van der Waals surface area contributed by atoms with Crippen molar-refractivity contribution in [2.75, 3.05) is 12.8 Å². The number of hydrogen-bond donors (Lipinski definition) is 0. The summed E-state index contributed by atoms with van der Waals surface area (Å²) in [6.45, 7) is 3.83. The van der Waals surface area contributed by atoms with Gasteiger partial charge in [0.05, 0.1) is 6.61 Å². The van der Waals surface area contributed by atoms with Gasteiger partial charge in [-0.1, -0.05) is 13.3 Å². The summed E-state index contributed by atoms with van der Waals surface area (Å²) in [6.07, 6.45) is 2.59. The highest BCUT2D eigenvalue weighted by atomic mass is 31.1. The maximum absolute atomic E-state index is 11.4. The molecule has 5 nitrogen and oxygen atoms in total. The second-order valence-electron chi connectivity index (χ2n) is 3.69. The van der Waals surface area contributed by atoms with Crippen LogP contribution >= 0.6 is 8.03 Å². The predicted molar refractivity (Wildman–Crippen MR) is 65.1 cm³/mol. The van der Waals surface area contributed by atoms with Gasteiger partial charge in [0.15, 0.2) is 14.1 Å². The highest BCUT2D eigenvalue weighted by Gasteiger charge is 2.11. The summed E-state index contributed by atoms with van der Waals surface area (Å²) in [6, 6.07) is 1.88. The summed E-state index contributed by atoms with van der Waals surface area (Å²) in [7, 11) is -1.99. The SMILES string of the molecule is CCCCO[PH](=O)CCCC(C#N)OC(C)=O. The standard InChI is InChI=1S/C11H20NO4P/c1-3-4-7-15-17(14)8-5-6-11(9-12)16-10(2)13/h11,17H,3-8H2,1-2H3. The van der Waals surface area contributed by atoms with Crippen molar-refractivity contribution >= 4 is 14.0 Å². The fraction of sp³-hybridized carbons (Fsp3) is 0.818. The second kappa shape index (κ2) is 10.3. The van der Waals surface area contributed by atoms with Crippen LogP contribution in [-0.2, 0) is 18.6 Å². The monoisotopic (exact) mass is 261 g/mol. The molecule has 0 amide bonds. The number of ether oxygens (including phenoxy) is 1. The van der Waals surface area contributed by atoms with Crippen LogP contribution in [0, 0.1) is 11.3 Å². The maximum Gasteiger partial charge on any atom is 0.303 e. The molecule has 0 saturated heterocycles. The predicted octanol–water partition coefficient (Wildman–Crippen LogP) is 2.51. The van der Waals surface area contributed by atoms with Crippen molar-refractivity contribution in [3.8, 4) is 6.07 Å². The van der Waals surface area contributed by atoms with E-state index in [1.807, 2.05) is 13.0 Å². The van der Waals surface area contributed by atoms with E-state index < -0.39 is 20.1 Å². The Bertz CT molecular complexity index is 288. The van der Waals surface area contributed by atoms with Gasteiger partial charge in [0.1, 0.15) is 6.07 Å². The molecule has 98 valence electrons. The molecule has 0 saturated carbocycles. The average Bonchev–Trinajstić information content (AvgIpc) is 2.27. The zero-order valence-corrected chi connectivity index (χ0v) is 11.4. The van der Waals surface area contributed by atoms with Gasteiger partial charge in [0, 0.05) is 13.1 Å². The molecule has 0 aromatic heterocycles. The number of carbonyl (C=O) groups excluding carboxylic acids is 1. The largest absolute Gasteiger partial charge is 0.447 e. The molecule has 0 aliphatic heterocycles. The van der Waals surface area contributed by atoms with Gasteiger partial charge in [0.2, 0.25) is 0 Å². The third-order valence-corrected chi connectivity index (χ3v) is 3.35. The molecule has 0 radical (unpaired) electrons. The number of nitriles is 1. The number of carbonyl (C=O) groups is 1. The molecular formula is C11H20NO4P. The van der Waals surface area contributed by atoms with Crippen molar-refractivity contribution in [1.29, 1.82) is 5.26 Å². The van der Waals surface area contributed by atoms with E-state index in [0.717, 1.165) is 12.8 Å². The smallest absolute Gasteiger partial charge is 0.303 e. The Labute approximate surface area is 103 Å². The van der Waals surface area contributed by atoms with Crippen molar-refractivity contribution in [3.05, 3.63) is 0 Å². The van der Waals surface area contributed by atoms with Crippen molar-refractivity contribution in [2.24, 2.45) is 0 Å². The topological polar surface area (TPSA) is 76.4 Å². The molecule has 0 N–H and O–H groups in total. The van der Waals surface area contributed by atoms with E-state index in [2.05, 4.69) is 0 Å². The minimum atomic E-state index is -1.99. The number of unbranched alkanes of at least 4 members (excludes halogenated alkanes) is 1. The third kappa shape index (κ3) is 10.0. The van der Waals surface area contributed by atoms with Crippen molar-refractivity contribution in [1.82, 2.24) is 0 Å². The highest BCUT2D eigenvalue weighted by Crippen LogP contribution is 2.24. The van der Waals surface area contributed by atoms with Crippen LogP contribution in [-0.4, -0.2) is 24.8 Å². The summed E-state index contributed by atoms with van der Waals surface area (Å²) in [5.74, 6) is -0.469. The molecule has 0 rings (SSSR count). The lowest BCUT2D eigenvalue weighted by atomic mass is 10.2. The van der Waals surface area contributed by atoms with Crippen molar-refractivity contribution < 1.29 is 18.6 Å². The van der Waals surface area contributed by atoms with Gasteiger partial charge < -0.3 is 9.26 Å². The summed E-state index contributed by atoms with van der Waals surface area (Å²) >= 11 is 0. The van der Waals surface area contributed by atoms with Crippen LogP contribution in [0.3, 0.4) is 0 Å². The van der Waals surface area contributed by atoms with E-state index in [1.54, 1.807) is 0 Å². The molecule has 0 bridgehead atoms. The molecular weight excluding hydrogens is 241 g/mol. The normalized spacial score (nSPS) is 13.7. The van der Waals surface area contributed by atoms with Crippen LogP contribution in [0.1, 0.15) is 39.5 Å². The Hall–Kier alpha value is -0.850. The number of hydrogen-bond acceptors (Lipinski definition) is 5. The molecule has 0 fully saturated rings. The van der Waals surface area contributed by atoms with E-state index in [-0.39, 0.29) is 0 Å². The molecule has 0 aliphatic carbocycles. The molecule has 17 heavy (non-hydrogen) atoms. The fourth-order valence-corrected chi connectivity index (χ4v) is 2.19. The molecule has 0 aliphatic rings. The lowest BCUT2D eigenvalue weighted by Gasteiger charge is -2.08. The van der Waals surface area contributed by atoms with Crippen LogP contribution in [0.5, 0.6) is 0 Å². The quantitative estimate of drug-likeness (QED) is 0.362. The lowest BCUT2D eigenvalue weighted by molar-refractivity contribution is -0.144. The van der Waals surface area contributed by atoms with Crippen LogP contribution < -0.4 is 0 Å². The molecule has 0 spiro atoms. The Kier molecular flexibility index (Phi) is 9.80.